The summed E-state index contributed by atoms with van der Waals surface area (Å²) in [5, 5.41) is 6.20. The van der Waals surface area contributed by atoms with Gasteiger partial charge in [-0.2, -0.15) is 0 Å². The minimum Gasteiger partial charge on any atom is -0.444 e. The molecule has 2 rings (SSSR count). The number of nitrogens with one attached hydrogen (secondary N) is 2. The van der Waals surface area contributed by atoms with Crippen molar-refractivity contribution in [2.75, 3.05) is 26.2 Å². The molecule has 132 valence electrons. The number of hydrogen-bond donors (Lipinski definition) is 2. The molecule has 0 aliphatic carbocycles. The Kier molecular flexibility index (Phi) is 5.83. The molecule has 24 heavy (non-hydrogen) atoms. The zero-order valence-electron chi connectivity index (χ0n) is 14.9. The van der Waals surface area contributed by atoms with Crippen LogP contribution < -0.4 is 10.6 Å². The van der Waals surface area contributed by atoms with Gasteiger partial charge in [-0.15, -0.1) is 0 Å². The predicted molar refractivity (Wildman–Crippen MR) is 93.0 cm³/mol. The average Bonchev–Trinajstić information content (AvgIpc) is 2.54. The van der Waals surface area contributed by atoms with E-state index in [4.69, 9.17) is 4.74 Å². The number of amides is 2. The first-order valence-corrected chi connectivity index (χ1v) is 8.39. The Morgan fingerprint density at radius 1 is 1.38 bits per heavy atom. The molecular weight excluding hydrogens is 306 g/mol. The largest absolute Gasteiger partial charge is 0.444 e. The summed E-state index contributed by atoms with van der Waals surface area (Å²) in [6.45, 7) is 9.89. The number of benzene rings is 1. The highest BCUT2D eigenvalue weighted by Crippen LogP contribution is 2.20. The van der Waals surface area contributed by atoms with Crippen molar-refractivity contribution in [1.29, 1.82) is 0 Å². The van der Waals surface area contributed by atoms with Crippen LogP contribution in [0.5, 0.6) is 0 Å². The number of ether oxygens (including phenoxy) is 1. The van der Waals surface area contributed by atoms with Crippen molar-refractivity contribution >= 4 is 12.0 Å². The fourth-order valence-electron chi connectivity index (χ4n) is 2.62. The molecule has 0 saturated carbocycles. The fraction of sp³-hybridized carbons (Fsp3) is 0.556. The Bertz CT molecular complexity index is 595. The molecule has 6 nitrogen and oxygen atoms in total. The molecule has 1 aromatic carbocycles. The van der Waals surface area contributed by atoms with Crippen LogP contribution in [0, 0.1) is 0 Å². The van der Waals surface area contributed by atoms with E-state index in [0.29, 0.717) is 31.7 Å². The van der Waals surface area contributed by atoms with Gasteiger partial charge in [0, 0.05) is 31.7 Å². The minimum atomic E-state index is -0.504. The zero-order chi connectivity index (χ0) is 17.7. The summed E-state index contributed by atoms with van der Waals surface area (Å²) in [7, 11) is 0. The van der Waals surface area contributed by atoms with Crippen molar-refractivity contribution in [3.05, 3.63) is 35.4 Å². The van der Waals surface area contributed by atoms with E-state index in [1.54, 1.807) is 11.0 Å². The highest BCUT2D eigenvalue weighted by Gasteiger charge is 2.28. The Morgan fingerprint density at radius 2 is 2.12 bits per heavy atom. The van der Waals surface area contributed by atoms with Crippen LogP contribution in [0.4, 0.5) is 4.79 Å². The maximum absolute atomic E-state index is 12.3. The van der Waals surface area contributed by atoms with Gasteiger partial charge in [-0.3, -0.25) is 4.79 Å². The van der Waals surface area contributed by atoms with E-state index in [0.717, 1.165) is 5.56 Å². The standard InChI is InChI=1S/C18H27N3O3/c1-5-19-16(22)14-8-6-7-13(11-14)15-12-21(10-9-20-15)17(23)24-18(2,3)4/h6-8,11,15,20H,5,9-10,12H2,1-4H3,(H,19,22). The van der Waals surface area contributed by atoms with Gasteiger partial charge in [0.25, 0.3) is 5.91 Å². The summed E-state index contributed by atoms with van der Waals surface area (Å²) in [5.41, 5.74) is 1.12. The maximum Gasteiger partial charge on any atom is 0.410 e. The first-order valence-electron chi connectivity index (χ1n) is 8.39. The molecule has 1 atom stereocenters. The Hall–Kier alpha value is -2.08. The van der Waals surface area contributed by atoms with Crippen LogP contribution in [0.25, 0.3) is 0 Å². The van der Waals surface area contributed by atoms with E-state index in [9.17, 15) is 9.59 Å². The van der Waals surface area contributed by atoms with Crippen LogP contribution in [0.3, 0.4) is 0 Å². The van der Waals surface area contributed by atoms with Crippen molar-refractivity contribution in [2.24, 2.45) is 0 Å². The number of piperazine rings is 1. The molecule has 1 fully saturated rings. The topological polar surface area (TPSA) is 70.7 Å². The first kappa shape index (κ1) is 18.3. The molecule has 1 aliphatic rings. The van der Waals surface area contributed by atoms with Gasteiger partial charge in [0.1, 0.15) is 5.60 Å². The minimum absolute atomic E-state index is 0.0133. The zero-order valence-corrected chi connectivity index (χ0v) is 14.9. The smallest absolute Gasteiger partial charge is 0.410 e. The number of carbonyl (C=O) groups excluding carboxylic acids is 2. The van der Waals surface area contributed by atoms with Crippen LogP contribution in [0.1, 0.15) is 49.7 Å². The van der Waals surface area contributed by atoms with Gasteiger partial charge in [-0.1, -0.05) is 12.1 Å². The lowest BCUT2D eigenvalue weighted by atomic mass is 10.0. The molecule has 0 bridgehead atoms. The van der Waals surface area contributed by atoms with E-state index >= 15 is 0 Å². The molecule has 1 saturated heterocycles. The molecule has 2 amide bonds. The third-order valence-electron chi connectivity index (χ3n) is 3.72. The second kappa shape index (κ2) is 7.66. The van der Waals surface area contributed by atoms with E-state index < -0.39 is 5.60 Å². The monoisotopic (exact) mass is 333 g/mol. The average molecular weight is 333 g/mol. The van der Waals surface area contributed by atoms with Crippen molar-refractivity contribution in [1.82, 2.24) is 15.5 Å². The van der Waals surface area contributed by atoms with Gasteiger partial charge >= 0.3 is 6.09 Å². The summed E-state index contributed by atoms with van der Waals surface area (Å²) in [4.78, 5) is 26.0. The molecule has 1 unspecified atom stereocenters. The van der Waals surface area contributed by atoms with Crippen LogP contribution >= 0.6 is 0 Å². The lowest BCUT2D eigenvalue weighted by Crippen LogP contribution is -2.49. The van der Waals surface area contributed by atoms with Crippen molar-refractivity contribution in [3.63, 3.8) is 0 Å². The van der Waals surface area contributed by atoms with Crippen LogP contribution in [0.15, 0.2) is 24.3 Å². The van der Waals surface area contributed by atoms with Crippen LogP contribution in [0.2, 0.25) is 0 Å². The number of rotatable bonds is 3. The Labute approximate surface area is 143 Å². The molecular formula is C18H27N3O3. The first-order chi connectivity index (χ1) is 11.3. The predicted octanol–water partition coefficient (Wildman–Crippen LogP) is 2.32. The summed E-state index contributed by atoms with van der Waals surface area (Å²) < 4.78 is 5.45. The van der Waals surface area contributed by atoms with Gasteiger partial charge in [0.2, 0.25) is 0 Å². The second-order valence-electron chi connectivity index (χ2n) is 6.92. The second-order valence-corrected chi connectivity index (χ2v) is 6.92. The SMILES string of the molecule is CCNC(=O)c1cccc(C2CN(C(=O)OC(C)(C)C)CCN2)c1. The third-order valence-corrected chi connectivity index (χ3v) is 3.72. The Morgan fingerprint density at radius 3 is 2.79 bits per heavy atom. The maximum atomic E-state index is 12.3. The van der Waals surface area contributed by atoms with E-state index in [1.807, 2.05) is 45.9 Å². The lowest BCUT2D eigenvalue weighted by molar-refractivity contribution is 0.0195. The van der Waals surface area contributed by atoms with Gasteiger partial charge in [0.05, 0.1) is 6.04 Å². The molecule has 1 aliphatic heterocycles. The summed E-state index contributed by atoms with van der Waals surface area (Å²) in [6.07, 6.45) is -0.297. The number of carbonyl (C=O) groups is 2. The van der Waals surface area contributed by atoms with Crippen LogP contribution in [-0.4, -0.2) is 48.7 Å². The van der Waals surface area contributed by atoms with E-state index in [2.05, 4.69) is 10.6 Å². The van der Waals surface area contributed by atoms with Gasteiger partial charge in [-0.05, 0) is 45.4 Å². The highest BCUT2D eigenvalue weighted by molar-refractivity contribution is 5.94. The summed E-state index contributed by atoms with van der Waals surface area (Å²) in [6, 6.07) is 7.50. The van der Waals surface area contributed by atoms with Crippen molar-refractivity contribution in [3.8, 4) is 0 Å². The summed E-state index contributed by atoms with van der Waals surface area (Å²) in [5.74, 6) is -0.0841. The Balaban J connectivity index is 2.08. The number of nitrogens with zero attached hydrogens (tertiary/aromatic N) is 1. The molecule has 0 aromatic heterocycles. The fourth-order valence-corrected chi connectivity index (χ4v) is 2.62. The quantitative estimate of drug-likeness (QED) is 0.890. The molecule has 0 spiro atoms. The molecule has 2 N–H and O–H groups in total. The van der Waals surface area contributed by atoms with Gasteiger partial charge in [0.15, 0.2) is 0 Å². The van der Waals surface area contributed by atoms with Crippen molar-refractivity contribution in [2.45, 2.75) is 39.3 Å². The molecule has 0 radical (unpaired) electrons. The van der Waals surface area contributed by atoms with Crippen LogP contribution in [-0.2, 0) is 4.74 Å². The molecule has 1 aromatic rings. The van der Waals surface area contributed by atoms with Crippen molar-refractivity contribution < 1.29 is 14.3 Å². The summed E-state index contributed by atoms with van der Waals surface area (Å²) >= 11 is 0. The van der Waals surface area contributed by atoms with Gasteiger partial charge in [-0.25, -0.2) is 4.79 Å². The van der Waals surface area contributed by atoms with E-state index in [1.165, 1.54) is 0 Å². The molecule has 6 heteroatoms. The van der Waals surface area contributed by atoms with E-state index in [-0.39, 0.29) is 18.0 Å². The highest BCUT2D eigenvalue weighted by atomic mass is 16.6. The van der Waals surface area contributed by atoms with Gasteiger partial charge < -0.3 is 20.3 Å². The lowest BCUT2D eigenvalue weighted by Gasteiger charge is -2.35. The number of hydrogen-bond acceptors (Lipinski definition) is 4. The third kappa shape index (κ3) is 4.96. The molecule has 1 heterocycles. The normalized spacial score (nSPS) is 18.2.